The van der Waals surface area contributed by atoms with Crippen molar-refractivity contribution in [2.75, 3.05) is 6.54 Å². The topological polar surface area (TPSA) is 63.2 Å². The Kier molecular flexibility index (Phi) is 5.46. The Hall–Kier alpha value is -0.780. The fourth-order valence-electron chi connectivity index (χ4n) is 1.48. The third kappa shape index (κ3) is 5.31. The lowest BCUT2D eigenvalue weighted by Gasteiger charge is -2.18. The summed E-state index contributed by atoms with van der Waals surface area (Å²) in [5, 5.41) is 2.90. The molecule has 4 nitrogen and oxygen atoms in total. The van der Waals surface area contributed by atoms with Gasteiger partial charge in [0.05, 0.1) is 15.5 Å². The van der Waals surface area contributed by atoms with Gasteiger partial charge >= 0.3 is 0 Å². The van der Waals surface area contributed by atoms with Crippen LogP contribution < -0.4 is 5.32 Å². The number of rotatable bonds is 4. The molecule has 0 radical (unpaired) electrons. The monoisotopic (exact) mass is 337 g/mol. The molecule has 0 aliphatic heterocycles. The van der Waals surface area contributed by atoms with Gasteiger partial charge in [0.2, 0.25) is 0 Å². The van der Waals surface area contributed by atoms with Crippen LogP contribution in [0.15, 0.2) is 23.1 Å². The molecule has 0 bridgehead atoms. The number of amides is 1. The molecule has 20 heavy (non-hydrogen) atoms. The van der Waals surface area contributed by atoms with Gasteiger partial charge in [-0.2, -0.15) is 0 Å². The molecule has 0 saturated heterocycles. The Morgan fingerprint density at radius 3 is 2.40 bits per heavy atom. The van der Waals surface area contributed by atoms with Crippen LogP contribution in [0, 0.1) is 5.41 Å². The first-order valence-corrected chi connectivity index (χ1v) is 8.72. The Morgan fingerprint density at radius 2 is 1.90 bits per heavy atom. The Balaban J connectivity index is 2.88. The van der Waals surface area contributed by atoms with E-state index in [1.165, 1.54) is 18.2 Å². The van der Waals surface area contributed by atoms with Gasteiger partial charge in [0, 0.05) is 17.2 Å². The molecule has 1 amide bonds. The molecule has 0 unspecified atom stereocenters. The highest BCUT2D eigenvalue weighted by atomic mass is 35.7. The minimum atomic E-state index is -3.89. The molecular formula is C13H17Cl2NO3S. The molecule has 0 atom stereocenters. The molecule has 7 heteroatoms. The van der Waals surface area contributed by atoms with E-state index < -0.39 is 15.0 Å². The molecule has 1 aromatic carbocycles. The standard InChI is InChI=1S/C13H17Cl2NO3S/c1-13(2,3)6-7-16-12(17)10-8-9(20(15,18)19)4-5-11(10)14/h4-5,8H,6-7H2,1-3H3,(H,16,17). The van der Waals surface area contributed by atoms with Crippen molar-refractivity contribution in [3.8, 4) is 0 Å². The molecule has 1 rings (SSSR count). The van der Waals surface area contributed by atoms with Gasteiger partial charge in [-0.15, -0.1) is 0 Å². The van der Waals surface area contributed by atoms with Crippen molar-refractivity contribution in [2.24, 2.45) is 5.41 Å². The Labute approximate surface area is 128 Å². The molecule has 0 aromatic heterocycles. The number of benzene rings is 1. The van der Waals surface area contributed by atoms with E-state index in [2.05, 4.69) is 26.1 Å². The zero-order valence-corrected chi connectivity index (χ0v) is 13.9. The maximum Gasteiger partial charge on any atom is 0.261 e. The van der Waals surface area contributed by atoms with Gasteiger partial charge < -0.3 is 5.32 Å². The van der Waals surface area contributed by atoms with Crippen LogP contribution in [0.2, 0.25) is 5.02 Å². The summed E-state index contributed by atoms with van der Waals surface area (Å²) in [6.45, 7) is 6.67. The fourth-order valence-corrected chi connectivity index (χ4v) is 2.46. The van der Waals surface area contributed by atoms with Crippen LogP contribution in [0.3, 0.4) is 0 Å². The maximum atomic E-state index is 12.0. The molecule has 0 heterocycles. The summed E-state index contributed by atoms with van der Waals surface area (Å²) in [6, 6.07) is 3.78. The van der Waals surface area contributed by atoms with Crippen molar-refractivity contribution in [2.45, 2.75) is 32.1 Å². The second-order valence-corrected chi connectivity index (χ2v) is 8.62. The molecule has 0 aliphatic carbocycles. The smallest absolute Gasteiger partial charge is 0.261 e. The third-order valence-corrected chi connectivity index (χ3v) is 4.31. The number of carbonyl (C=O) groups is 1. The van der Waals surface area contributed by atoms with Gasteiger partial charge in [0.15, 0.2) is 0 Å². The first-order chi connectivity index (χ1) is 9.00. The largest absolute Gasteiger partial charge is 0.352 e. The average molecular weight is 338 g/mol. The van der Waals surface area contributed by atoms with E-state index in [9.17, 15) is 13.2 Å². The van der Waals surface area contributed by atoms with Crippen molar-refractivity contribution in [3.05, 3.63) is 28.8 Å². The lowest BCUT2D eigenvalue weighted by atomic mass is 9.92. The van der Waals surface area contributed by atoms with Crippen molar-refractivity contribution in [1.82, 2.24) is 5.32 Å². The van der Waals surface area contributed by atoms with E-state index in [0.29, 0.717) is 6.54 Å². The summed E-state index contributed by atoms with van der Waals surface area (Å²) in [5.74, 6) is -0.415. The van der Waals surface area contributed by atoms with Crippen LogP contribution in [-0.2, 0) is 9.05 Å². The van der Waals surface area contributed by atoms with Crippen molar-refractivity contribution in [1.29, 1.82) is 0 Å². The predicted molar refractivity (Wildman–Crippen MR) is 80.9 cm³/mol. The molecule has 0 spiro atoms. The lowest BCUT2D eigenvalue weighted by Crippen LogP contribution is -2.27. The van der Waals surface area contributed by atoms with E-state index >= 15 is 0 Å². The maximum absolute atomic E-state index is 12.0. The molecule has 0 aliphatic rings. The van der Waals surface area contributed by atoms with Gasteiger partial charge in [-0.05, 0) is 30.0 Å². The summed E-state index contributed by atoms with van der Waals surface area (Å²) in [7, 11) is 1.36. The molecule has 1 aromatic rings. The van der Waals surface area contributed by atoms with Gasteiger partial charge in [-0.25, -0.2) is 8.42 Å². The summed E-state index contributed by atoms with van der Waals surface area (Å²) in [4.78, 5) is 11.8. The summed E-state index contributed by atoms with van der Waals surface area (Å²) in [5.41, 5.74) is 0.195. The normalized spacial score (nSPS) is 12.2. The van der Waals surface area contributed by atoms with Gasteiger partial charge in [-0.3, -0.25) is 4.79 Å². The minimum Gasteiger partial charge on any atom is -0.352 e. The van der Waals surface area contributed by atoms with Crippen molar-refractivity contribution >= 4 is 37.2 Å². The third-order valence-electron chi connectivity index (χ3n) is 2.62. The first kappa shape index (κ1) is 17.3. The summed E-state index contributed by atoms with van der Waals surface area (Å²) < 4.78 is 22.5. The quantitative estimate of drug-likeness (QED) is 0.856. The van der Waals surface area contributed by atoms with Crippen molar-refractivity contribution in [3.63, 3.8) is 0 Å². The van der Waals surface area contributed by atoms with Crippen molar-refractivity contribution < 1.29 is 13.2 Å². The lowest BCUT2D eigenvalue weighted by molar-refractivity contribution is 0.0949. The van der Waals surface area contributed by atoms with Gasteiger partial charge in [-0.1, -0.05) is 32.4 Å². The number of hydrogen-bond acceptors (Lipinski definition) is 3. The fraction of sp³-hybridized carbons (Fsp3) is 0.462. The zero-order valence-electron chi connectivity index (χ0n) is 11.5. The number of hydrogen-bond donors (Lipinski definition) is 1. The van der Waals surface area contributed by atoms with Crippen LogP contribution in [0.1, 0.15) is 37.6 Å². The second kappa shape index (κ2) is 6.33. The van der Waals surface area contributed by atoms with E-state index in [1.807, 2.05) is 0 Å². The first-order valence-electron chi connectivity index (χ1n) is 6.03. The molecule has 0 saturated carbocycles. The van der Waals surface area contributed by atoms with Crippen LogP contribution in [-0.4, -0.2) is 20.9 Å². The van der Waals surface area contributed by atoms with Crippen LogP contribution in [0.5, 0.6) is 0 Å². The molecule has 1 N–H and O–H groups in total. The predicted octanol–water partition coefficient (Wildman–Crippen LogP) is 3.43. The Morgan fingerprint density at radius 1 is 1.30 bits per heavy atom. The number of halogens is 2. The zero-order chi connectivity index (χ0) is 15.6. The summed E-state index contributed by atoms with van der Waals surface area (Å²) >= 11 is 5.91. The summed E-state index contributed by atoms with van der Waals surface area (Å²) in [6.07, 6.45) is 0.795. The highest BCUT2D eigenvalue weighted by molar-refractivity contribution is 8.13. The highest BCUT2D eigenvalue weighted by Gasteiger charge is 2.17. The Bertz CT molecular complexity index is 607. The molecule has 112 valence electrons. The van der Waals surface area contributed by atoms with Crippen LogP contribution in [0.25, 0.3) is 0 Å². The van der Waals surface area contributed by atoms with Gasteiger partial charge in [0.1, 0.15) is 0 Å². The van der Waals surface area contributed by atoms with E-state index in [-0.39, 0.29) is 20.9 Å². The van der Waals surface area contributed by atoms with Gasteiger partial charge in [0.25, 0.3) is 15.0 Å². The second-order valence-electron chi connectivity index (χ2n) is 5.65. The van der Waals surface area contributed by atoms with Crippen LogP contribution in [0.4, 0.5) is 0 Å². The minimum absolute atomic E-state index is 0.0956. The van der Waals surface area contributed by atoms with E-state index in [0.717, 1.165) is 6.42 Å². The van der Waals surface area contributed by atoms with E-state index in [1.54, 1.807) is 0 Å². The van der Waals surface area contributed by atoms with Crippen LogP contribution >= 0.6 is 22.3 Å². The SMILES string of the molecule is CC(C)(C)CCNC(=O)c1cc(S(=O)(=O)Cl)ccc1Cl. The van der Waals surface area contributed by atoms with E-state index in [4.69, 9.17) is 22.3 Å². The molecule has 0 fully saturated rings. The highest BCUT2D eigenvalue weighted by Crippen LogP contribution is 2.23. The number of nitrogens with one attached hydrogen (secondary N) is 1. The average Bonchev–Trinajstić information content (AvgIpc) is 2.25. The number of carbonyl (C=O) groups excluding carboxylic acids is 1. The molecular weight excluding hydrogens is 321 g/mol.